The summed E-state index contributed by atoms with van der Waals surface area (Å²) >= 11 is 5.98. The van der Waals surface area contributed by atoms with Crippen molar-refractivity contribution in [2.75, 3.05) is 6.61 Å². The molecule has 3 rings (SSSR count). The highest BCUT2D eigenvalue weighted by Crippen LogP contribution is 2.32. The minimum Gasteiger partial charge on any atom is -0.507 e. The van der Waals surface area contributed by atoms with Crippen molar-refractivity contribution < 1.29 is 9.84 Å². The number of phenolic OH excluding ortho intramolecular Hbond substituents is 1. The smallest absolute Gasteiger partial charge is 0.180 e. The molecule has 3 aromatic rings. The van der Waals surface area contributed by atoms with E-state index in [9.17, 15) is 5.11 Å². The molecule has 0 fully saturated rings. The van der Waals surface area contributed by atoms with E-state index in [1.165, 1.54) is 0 Å². The first-order valence-corrected chi connectivity index (χ1v) is 6.66. The van der Waals surface area contributed by atoms with Crippen molar-refractivity contribution in [2.24, 2.45) is 0 Å². The Morgan fingerprint density at radius 3 is 3.00 bits per heavy atom. The number of pyridine rings is 1. The number of fused-ring (bicyclic) bond motifs is 1. The van der Waals surface area contributed by atoms with Gasteiger partial charge in [-0.3, -0.25) is 0 Å². The molecule has 102 valence electrons. The number of phenols is 1. The van der Waals surface area contributed by atoms with Gasteiger partial charge in [0.05, 0.1) is 12.3 Å². The van der Waals surface area contributed by atoms with Crippen molar-refractivity contribution in [1.29, 1.82) is 0 Å². The van der Waals surface area contributed by atoms with Gasteiger partial charge in [-0.25, -0.2) is 4.98 Å². The van der Waals surface area contributed by atoms with Crippen LogP contribution in [0.1, 0.15) is 6.92 Å². The van der Waals surface area contributed by atoms with Crippen LogP contribution in [0.3, 0.4) is 0 Å². The van der Waals surface area contributed by atoms with Crippen LogP contribution in [0.2, 0.25) is 5.02 Å². The largest absolute Gasteiger partial charge is 0.507 e. The lowest BCUT2D eigenvalue weighted by Crippen LogP contribution is -1.94. The Bertz CT molecular complexity index is 768. The minimum atomic E-state index is 0.149. The van der Waals surface area contributed by atoms with E-state index in [2.05, 4.69) is 4.98 Å². The second kappa shape index (κ2) is 5.06. The fourth-order valence-electron chi connectivity index (χ4n) is 2.10. The highest BCUT2D eigenvalue weighted by Gasteiger charge is 2.12. The lowest BCUT2D eigenvalue weighted by Gasteiger charge is -2.03. The summed E-state index contributed by atoms with van der Waals surface area (Å²) in [7, 11) is 0. The van der Waals surface area contributed by atoms with E-state index in [0.717, 1.165) is 0 Å². The van der Waals surface area contributed by atoms with Gasteiger partial charge in [-0.1, -0.05) is 11.6 Å². The van der Waals surface area contributed by atoms with Gasteiger partial charge in [0, 0.05) is 23.0 Å². The SMILES string of the molecule is CCOc1cccn2cc(-c3cc(Cl)ccc3O)nc12. The summed E-state index contributed by atoms with van der Waals surface area (Å²) in [5.41, 5.74) is 1.96. The number of imidazole rings is 1. The molecule has 0 spiro atoms. The maximum absolute atomic E-state index is 9.95. The highest BCUT2D eigenvalue weighted by molar-refractivity contribution is 6.30. The Morgan fingerprint density at radius 1 is 1.35 bits per heavy atom. The molecule has 0 saturated carbocycles. The third kappa shape index (κ3) is 2.18. The van der Waals surface area contributed by atoms with Gasteiger partial charge in [0.25, 0.3) is 0 Å². The first kappa shape index (κ1) is 12.8. The fraction of sp³-hybridized carbons (Fsp3) is 0.133. The first-order chi connectivity index (χ1) is 9.69. The summed E-state index contributed by atoms with van der Waals surface area (Å²) in [6, 6.07) is 8.65. The summed E-state index contributed by atoms with van der Waals surface area (Å²) in [5, 5.41) is 10.5. The van der Waals surface area contributed by atoms with Crippen LogP contribution in [0.4, 0.5) is 0 Å². The molecular weight excluding hydrogens is 276 g/mol. The second-order valence-corrected chi connectivity index (χ2v) is 4.76. The Kier molecular flexibility index (Phi) is 3.24. The van der Waals surface area contributed by atoms with Gasteiger partial charge < -0.3 is 14.2 Å². The van der Waals surface area contributed by atoms with E-state index in [1.807, 2.05) is 35.9 Å². The third-order valence-electron chi connectivity index (χ3n) is 2.98. The van der Waals surface area contributed by atoms with Gasteiger partial charge in [0.2, 0.25) is 0 Å². The molecule has 0 radical (unpaired) electrons. The molecule has 2 aromatic heterocycles. The molecule has 0 aliphatic heterocycles. The lowest BCUT2D eigenvalue weighted by atomic mass is 10.1. The van der Waals surface area contributed by atoms with Crippen LogP contribution in [0, 0.1) is 0 Å². The van der Waals surface area contributed by atoms with E-state index in [0.29, 0.717) is 34.3 Å². The monoisotopic (exact) mass is 288 g/mol. The molecule has 0 aliphatic rings. The van der Waals surface area contributed by atoms with Crippen molar-refractivity contribution in [2.45, 2.75) is 6.92 Å². The topological polar surface area (TPSA) is 46.8 Å². The van der Waals surface area contributed by atoms with Gasteiger partial charge in [0.1, 0.15) is 5.75 Å². The molecule has 2 heterocycles. The molecule has 0 saturated heterocycles. The van der Waals surface area contributed by atoms with Crippen molar-refractivity contribution >= 4 is 17.2 Å². The van der Waals surface area contributed by atoms with Crippen LogP contribution in [0.5, 0.6) is 11.5 Å². The molecule has 1 aromatic carbocycles. The van der Waals surface area contributed by atoms with E-state index < -0.39 is 0 Å². The predicted molar refractivity (Wildman–Crippen MR) is 78.5 cm³/mol. The van der Waals surface area contributed by atoms with Crippen LogP contribution in [-0.2, 0) is 0 Å². The number of rotatable bonds is 3. The van der Waals surface area contributed by atoms with Gasteiger partial charge in [-0.15, -0.1) is 0 Å². The van der Waals surface area contributed by atoms with Gasteiger partial charge >= 0.3 is 0 Å². The molecular formula is C15H13ClN2O2. The van der Waals surface area contributed by atoms with E-state index in [-0.39, 0.29) is 5.75 Å². The number of nitrogens with zero attached hydrogens (tertiary/aromatic N) is 2. The van der Waals surface area contributed by atoms with Crippen LogP contribution >= 0.6 is 11.6 Å². The van der Waals surface area contributed by atoms with E-state index in [4.69, 9.17) is 16.3 Å². The number of ether oxygens (including phenoxy) is 1. The van der Waals surface area contributed by atoms with Gasteiger partial charge in [-0.05, 0) is 37.3 Å². The normalized spacial score (nSPS) is 10.9. The molecule has 0 amide bonds. The van der Waals surface area contributed by atoms with Crippen LogP contribution in [-0.4, -0.2) is 21.1 Å². The zero-order chi connectivity index (χ0) is 14.1. The summed E-state index contributed by atoms with van der Waals surface area (Å²) in [5.74, 6) is 0.860. The maximum atomic E-state index is 9.95. The predicted octanol–water partition coefficient (Wildman–Crippen LogP) is 3.76. The first-order valence-electron chi connectivity index (χ1n) is 6.28. The number of hydrogen-bond donors (Lipinski definition) is 1. The Labute approximate surface area is 121 Å². The lowest BCUT2D eigenvalue weighted by molar-refractivity contribution is 0.342. The molecule has 20 heavy (non-hydrogen) atoms. The van der Waals surface area contributed by atoms with Crippen LogP contribution in [0.25, 0.3) is 16.9 Å². The van der Waals surface area contributed by atoms with Crippen molar-refractivity contribution in [3.05, 3.63) is 47.7 Å². The highest BCUT2D eigenvalue weighted by atomic mass is 35.5. The number of halogens is 1. The Morgan fingerprint density at radius 2 is 2.20 bits per heavy atom. The summed E-state index contributed by atoms with van der Waals surface area (Å²) in [6.07, 6.45) is 3.72. The summed E-state index contributed by atoms with van der Waals surface area (Å²) in [6.45, 7) is 2.50. The quantitative estimate of drug-likeness (QED) is 0.798. The summed E-state index contributed by atoms with van der Waals surface area (Å²) in [4.78, 5) is 4.52. The molecule has 0 aliphatic carbocycles. The average molecular weight is 289 g/mol. The van der Waals surface area contributed by atoms with Gasteiger partial charge in [0.15, 0.2) is 11.4 Å². The van der Waals surface area contributed by atoms with Crippen LogP contribution < -0.4 is 4.74 Å². The molecule has 0 unspecified atom stereocenters. The Hall–Kier alpha value is -2.20. The average Bonchev–Trinajstić information content (AvgIpc) is 2.87. The molecule has 5 heteroatoms. The third-order valence-corrected chi connectivity index (χ3v) is 3.22. The zero-order valence-electron chi connectivity index (χ0n) is 10.9. The second-order valence-electron chi connectivity index (χ2n) is 4.32. The van der Waals surface area contributed by atoms with Gasteiger partial charge in [-0.2, -0.15) is 0 Å². The fourth-order valence-corrected chi connectivity index (χ4v) is 2.27. The van der Waals surface area contributed by atoms with Crippen molar-refractivity contribution in [3.63, 3.8) is 0 Å². The zero-order valence-corrected chi connectivity index (χ0v) is 11.6. The standard InChI is InChI=1S/C15H13ClN2O2/c1-2-20-14-4-3-7-18-9-12(17-15(14)18)11-8-10(16)5-6-13(11)19/h3-9,19H,2H2,1H3. The Balaban J connectivity index is 2.18. The number of hydrogen-bond acceptors (Lipinski definition) is 3. The summed E-state index contributed by atoms with van der Waals surface area (Å²) < 4.78 is 7.41. The number of aromatic nitrogens is 2. The van der Waals surface area contributed by atoms with E-state index >= 15 is 0 Å². The van der Waals surface area contributed by atoms with Crippen molar-refractivity contribution in [3.8, 4) is 22.8 Å². The van der Waals surface area contributed by atoms with Crippen molar-refractivity contribution in [1.82, 2.24) is 9.38 Å². The maximum Gasteiger partial charge on any atom is 0.180 e. The molecule has 0 bridgehead atoms. The molecule has 1 N–H and O–H groups in total. The minimum absolute atomic E-state index is 0.149. The number of benzene rings is 1. The molecule has 4 nitrogen and oxygen atoms in total. The molecule has 0 atom stereocenters. The van der Waals surface area contributed by atoms with Crippen LogP contribution in [0.15, 0.2) is 42.7 Å². The van der Waals surface area contributed by atoms with E-state index in [1.54, 1.807) is 18.2 Å². The number of aromatic hydroxyl groups is 1.